The molecule has 5 heteroatoms. The topological polar surface area (TPSA) is 16.1 Å². The van der Waals surface area contributed by atoms with E-state index in [-0.39, 0.29) is 12.2 Å². The third-order valence-corrected chi connectivity index (χ3v) is 2.58. The lowest BCUT2D eigenvalue weighted by molar-refractivity contribution is -0.137. The molecule has 1 aromatic heterocycles. The number of hydrogen-bond donors (Lipinski definition) is 0. The van der Waals surface area contributed by atoms with Crippen molar-refractivity contribution < 1.29 is 14.5 Å². The van der Waals surface area contributed by atoms with Gasteiger partial charge in [0, 0.05) is 20.7 Å². The van der Waals surface area contributed by atoms with E-state index in [0.29, 0.717) is 13.1 Å². The zero-order valence-corrected chi connectivity index (χ0v) is 8.67. The van der Waals surface area contributed by atoms with Gasteiger partial charge in [0.15, 0.2) is 0 Å². The zero-order valence-electron chi connectivity index (χ0n) is 9.67. The van der Waals surface area contributed by atoms with Crippen LogP contribution >= 0.6 is 0 Å². The molecule has 0 N–H and O–H groups in total. The number of pyridine rings is 1. The predicted octanol–water partition coefficient (Wildman–Crippen LogP) is 3.09. The van der Waals surface area contributed by atoms with E-state index in [1.165, 1.54) is 12.3 Å². The van der Waals surface area contributed by atoms with Gasteiger partial charge in [-0.25, -0.2) is 4.98 Å². The Balaban J connectivity index is 2.31. The van der Waals surface area contributed by atoms with Gasteiger partial charge in [-0.15, -0.1) is 0 Å². The molecule has 0 aromatic carbocycles. The first-order valence-electron chi connectivity index (χ1n) is 5.75. The Bertz CT molecular complexity index is 395. The highest BCUT2D eigenvalue weighted by molar-refractivity contribution is 5.48. The molecule has 0 bridgehead atoms. The zero-order chi connectivity index (χ0) is 12.5. The fourth-order valence-electron chi connectivity index (χ4n) is 1.83. The molecular weight excluding hydrogens is 217 g/mol. The van der Waals surface area contributed by atoms with Crippen LogP contribution in [-0.2, 0) is 6.18 Å². The molecule has 2 heterocycles. The Labute approximate surface area is 93.5 Å². The molecule has 2 rings (SSSR count). The molecule has 2 nitrogen and oxygen atoms in total. The van der Waals surface area contributed by atoms with Crippen molar-refractivity contribution in [3.63, 3.8) is 0 Å². The minimum atomic E-state index is -4.39. The molecule has 1 atom stereocenters. The van der Waals surface area contributed by atoms with E-state index in [1.54, 1.807) is 4.90 Å². The lowest BCUT2D eigenvalue weighted by atomic mass is 10.1. The maximum Gasteiger partial charge on any atom is 0.419 e. The van der Waals surface area contributed by atoms with E-state index in [4.69, 9.17) is 1.37 Å². The van der Waals surface area contributed by atoms with E-state index in [9.17, 15) is 13.2 Å². The molecule has 0 radical (unpaired) electrons. The second-order valence-electron chi connectivity index (χ2n) is 3.75. The predicted molar refractivity (Wildman–Crippen MR) is 55.3 cm³/mol. The normalized spacial score (nSPS) is 23.1. The molecule has 16 heavy (non-hydrogen) atoms. The van der Waals surface area contributed by atoms with Gasteiger partial charge in [-0.3, -0.25) is 0 Å². The minimum absolute atomic E-state index is 0.0445. The van der Waals surface area contributed by atoms with Gasteiger partial charge in [0.25, 0.3) is 0 Å². The Morgan fingerprint density at radius 2 is 2.12 bits per heavy atom. The van der Waals surface area contributed by atoms with Crippen LogP contribution in [0.4, 0.5) is 19.0 Å². The Hall–Kier alpha value is -1.26. The third kappa shape index (κ3) is 2.28. The van der Waals surface area contributed by atoms with Crippen LogP contribution in [0.25, 0.3) is 0 Å². The highest BCUT2D eigenvalue weighted by atomic mass is 19.4. The number of piperidine rings is 1. The quantitative estimate of drug-likeness (QED) is 0.738. The van der Waals surface area contributed by atoms with Crippen LogP contribution in [0.5, 0.6) is 0 Å². The highest BCUT2D eigenvalue weighted by Crippen LogP contribution is 2.35. The van der Waals surface area contributed by atoms with Crippen LogP contribution < -0.4 is 4.90 Å². The van der Waals surface area contributed by atoms with E-state index in [1.807, 2.05) is 0 Å². The first-order chi connectivity index (χ1) is 7.98. The number of aromatic nitrogens is 1. The second kappa shape index (κ2) is 4.31. The van der Waals surface area contributed by atoms with Crippen molar-refractivity contribution in [2.45, 2.75) is 25.4 Å². The molecule has 0 aliphatic carbocycles. The fourth-order valence-corrected chi connectivity index (χ4v) is 1.83. The number of alkyl halides is 3. The van der Waals surface area contributed by atoms with Crippen molar-refractivity contribution in [1.29, 1.82) is 0 Å². The van der Waals surface area contributed by atoms with Crippen molar-refractivity contribution >= 4 is 5.82 Å². The fraction of sp³-hybridized carbons (Fsp3) is 0.545. The summed E-state index contributed by atoms with van der Waals surface area (Å²) in [4.78, 5) is 5.39. The van der Waals surface area contributed by atoms with Crippen molar-refractivity contribution in [2.24, 2.45) is 0 Å². The van der Waals surface area contributed by atoms with Crippen LogP contribution in [0.2, 0.25) is 0 Å². The molecule has 1 fully saturated rings. The molecule has 0 saturated carbocycles. The second-order valence-corrected chi connectivity index (χ2v) is 3.75. The maximum absolute atomic E-state index is 12.8. The molecule has 1 aliphatic heterocycles. The van der Waals surface area contributed by atoms with Gasteiger partial charge in [-0.1, -0.05) is 0 Å². The minimum Gasteiger partial charge on any atom is -0.356 e. The number of anilines is 1. The van der Waals surface area contributed by atoms with Gasteiger partial charge in [0.2, 0.25) is 0 Å². The summed E-state index contributed by atoms with van der Waals surface area (Å²) < 4.78 is 46.0. The van der Waals surface area contributed by atoms with Gasteiger partial charge in [-0.05, 0) is 31.4 Å². The van der Waals surface area contributed by atoms with Crippen molar-refractivity contribution in [3.05, 3.63) is 23.9 Å². The summed E-state index contributed by atoms with van der Waals surface area (Å²) in [6.07, 6.45) is -1.88. The summed E-state index contributed by atoms with van der Waals surface area (Å²) in [5.41, 5.74) is -0.714. The summed E-state index contributed by atoms with van der Waals surface area (Å²) in [6, 6.07) is 2.32. The van der Waals surface area contributed by atoms with Crippen LogP contribution in [0.3, 0.4) is 0 Å². The molecule has 1 aliphatic rings. The van der Waals surface area contributed by atoms with Crippen LogP contribution in [-0.4, -0.2) is 18.1 Å². The van der Waals surface area contributed by atoms with Crippen molar-refractivity contribution in [1.82, 2.24) is 4.98 Å². The summed E-state index contributed by atoms with van der Waals surface area (Å²) in [6.45, 7) is 0.857. The standard InChI is InChI=1S/C11H13F3N2/c12-11(13,14)9-5-4-6-15-10(9)16-7-2-1-3-8-16/h4-6H,1-3,7-8H2/i2D/t2-/m0/s1. The molecule has 0 amide bonds. The summed E-state index contributed by atoms with van der Waals surface area (Å²) in [5, 5.41) is 0. The highest BCUT2D eigenvalue weighted by Gasteiger charge is 2.35. The smallest absolute Gasteiger partial charge is 0.356 e. The lowest BCUT2D eigenvalue weighted by Gasteiger charge is -2.29. The number of hydrogen-bond acceptors (Lipinski definition) is 2. The molecule has 88 valence electrons. The Kier molecular flexibility index (Phi) is 2.68. The molecule has 1 aromatic rings. The molecule has 1 saturated heterocycles. The van der Waals surface area contributed by atoms with Crippen LogP contribution in [0.15, 0.2) is 18.3 Å². The van der Waals surface area contributed by atoms with Gasteiger partial charge in [0.05, 0.1) is 5.56 Å². The summed E-state index contributed by atoms with van der Waals surface area (Å²) >= 11 is 0. The van der Waals surface area contributed by atoms with Gasteiger partial charge >= 0.3 is 6.18 Å². The van der Waals surface area contributed by atoms with Crippen LogP contribution in [0.1, 0.15) is 26.2 Å². The first-order valence-corrected chi connectivity index (χ1v) is 5.18. The number of halogens is 3. The average Bonchev–Trinajstić information content (AvgIpc) is 2.28. The number of rotatable bonds is 1. The molecule has 0 spiro atoms. The van der Waals surface area contributed by atoms with Crippen molar-refractivity contribution in [3.8, 4) is 0 Å². The lowest BCUT2D eigenvalue weighted by Crippen LogP contribution is -2.32. The SMILES string of the molecule is [2H][C@H]1CCCN(c2ncccc2C(F)(F)F)C1. The van der Waals surface area contributed by atoms with Gasteiger partial charge in [0.1, 0.15) is 5.82 Å². The molecular formula is C11H13F3N2. The Morgan fingerprint density at radius 1 is 1.31 bits per heavy atom. The first kappa shape index (κ1) is 9.93. The third-order valence-electron chi connectivity index (χ3n) is 2.58. The monoisotopic (exact) mass is 231 g/mol. The van der Waals surface area contributed by atoms with E-state index in [2.05, 4.69) is 4.98 Å². The van der Waals surface area contributed by atoms with Crippen LogP contribution in [0, 0.1) is 0 Å². The molecule has 0 unspecified atom stereocenters. The van der Waals surface area contributed by atoms with Gasteiger partial charge < -0.3 is 4.90 Å². The van der Waals surface area contributed by atoms with E-state index < -0.39 is 11.7 Å². The summed E-state index contributed by atoms with van der Waals surface area (Å²) in [5.74, 6) is -0.0445. The summed E-state index contributed by atoms with van der Waals surface area (Å²) in [7, 11) is 0. The van der Waals surface area contributed by atoms with E-state index >= 15 is 0 Å². The van der Waals surface area contributed by atoms with Crippen molar-refractivity contribution in [2.75, 3.05) is 18.0 Å². The maximum atomic E-state index is 12.8. The number of nitrogens with zero attached hydrogens (tertiary/aromatic N) is 2. The van der Waals surface area contributed by atoms with E-state index in [0.717, 1.165) is 18.9 Å². The van der Waals surface area contributed by atoms with Gasteiger partial charge in [-0.2, -0.15) is 13.2 Å². The largest absolute Gasteiger partial charge is 0.419 e. The Morgan fingerprint density at radius 3 is 2.81 bits per heavy atom. The average molecular weight is 231 g/mol.